The Morgan fingerprint density at radius 1 is 1.18 bits per heavy atom. The summed E-state index contributed by atoms with van der Waals surface area (Å²) in [5.41, 5.74) is 0.891. The Morgan fingerprint density at radius 3 is 2.55 bits per heavy atom. The first-order valence-corrected chi connectivity index (χ1v) is 14.0. The number of esters is 1. The number of nitrogens with zero attached hydrogens (tertiary/aromatic N) is 2. The molecule has 2 heterocycles. The third-order valence-corrected chi connectivity index (χ3v) is 7.98. The number of benzene rings is 2. The van der Waals surface area contributed by atoms with Gasteiger partial charge in [-0.3, -0.25) is 14.5 Å². The predicted octanol–water partition coefficient (Wildman–Crippen LogP) is 6.91. The number of ketones is 1. The molecule has 0 aliphatic carbocycles. The average molecular weight is 602 g/mol. The second-order valence-electron chi connectivity index (χ2n) is 8.87. The molecule has 1 N–H and O–H groups in total. The summed E-state index contributed by atoms with van der Waals surface area (Å²) in [6.07, 6.45) is 3.32. The summed E-state index contributed by atoms with van der Waals surface area (Å²) in [6.45, 7) is 7.74. The van der Waals surface area contributed by atoms with Crippen LogP contribution in [0.25, 0.3) is 5.76 Å². The van der Waals surface area contributed by atoms with Crippen LogP contribution >= 0.6 is 34.5 Å². The van der Waals surface area contributed by atoms with Crippen LogP contribution in [-0.4, -0.2) is 41.0 Å². The van der Waals surface area contributed by atoms with Crippen molar-refractivity contribution in [2.24, 2.45) is 0 Å². The van der Waals surface area contributed by atoms with Crippen LogP contribution in [0, 0.1) is 6.92 Å². The highest BCUT2D eigenvalue weighted by Gasteiger charge is 2.48. The molecule has 1 amide bonds. The molecule has 0 spiro atoms. The normalized spacial score (nSPS) is 16.3. The Kier molecular flexibility index (Phi) is 9.29. The molecule has 40 heavy (non-hydrogen) atoms. The van der Waals surface area contributed by atoms with E-state index in [0.717, 1.165) is 29.1 Å². The van der Waals surface area contributed by atoms with Gasteiger partial charge in [-0.15, -0.1) is 0 Å². The number of ether oxygens (including phenoxy) is 2. The van der Waals surface area contributed by atoms with Gasteiger partial charge in [0.1, 0.15) is 23.0 Å². The lowest BCUT2D eigenvalue weighted by Crippen LogP contribution is -2.29. The van der Waals surface area contributed by atoms with E-state index < -0.39 is 23.7 Å². The zero-order valence-corrected chi connectivity index (χ0v) is 24.1. The monoisotopic (exact) mass is 600 g/mol. The Morgan fingerprint density at radius 2 is 1.90 bits per heavy atom. The van der Waals surface area contributed by atoms with Crippen molar-refractivity contribution < 1.29 is 29.0 Å². The summed E-state index contributed by atoms with van der Waals surface area (Å²) >= 11 is 13.3. The highest BCUT2D eigenvalue weighted by molar-refractivity contribution is 7.17. The summed E-state index contributed by atoms with van der Waals surface area (Å²) in [5.74, 6) is -2.24. The number of anilines is 1. The van der Waals surface area contributed by atoms with Crippen molar-refractivity contribution >= 4 is 63.1 Å². The molecule has 208 valence electrons. The van der Waals surface area contributed by atoms with Crippen LogP contribution in [0.5, 0.6) is 5.75 Å². The second-order valence-corrected chi connectivity index (χ2v) is 10.7. The number of aromatic nitrogens is 1. The Hall–Kier alpha value is -3.66. The minimum atomic E-state index is -1.10. The van der Waals surface area contributed by atoms with Crippen LogP contribution in [0.3, 0.4) is 0 Å². The lowest BCUT2D eigenvalue weighted by Gasteiger charge is -2.23. The van der Waals surface area contributed by atoms with Crippen LogP contribution in [0.2, 0.25) is 10.0 Å². The number of carbonyl (C=O) groups excluding carboxylic acids is 3. The maximum Gasteiger partial charge on any atom is 0.350 e. The number of aliphatic hydroxyl groups is 1. The molecule has 0 saturated carbocycles. The molecule has 4 rings (SSSR count). The number of thiazole rings is 1. The van der Waals surface area contributed by atoms with Gasteiger partial charge in [-0.25, -0.2) is 9.78 Å². The predicted molar refractivity (Wildman–Crippen MR) is 155 cm³/mol. The van der Waals surface area contributed by atoms with E-state index in [1.807, 2.05) is 0 Å². The smallest absolute Gasteiger partial charge is 0.350 e. The standard InChI is InChI=1S/C29H26Cl2N2O6S/c1-4-6-14-38-19-10-7-17(8-11-19)24(34)22-23(18-9-12-20(30)21(31)15-18)33(27(36)25(22)35)29-32-16(3)26(40-29)28(37)39-13-5-2/h5,7-12,15,23,34H,2,4,6,13-14H2,1,3H3/t23-/m0/s1. The molecule has 11 heteroatoms. The first-order valence-electron chi connectivity index (χ1n) is 12.4. The number of unbranched alkanes of at least 4 members (excludes halogenated alkanes) is 1. The van der Waals surface area contributed by atoms with Crippen LogP contribution < -0.4 is 9.64 Å². The van der Waals surface area contributed by atoms with Crippen molar-refractivity contribution in [3.05, 3.63) is 92.4 Å². The zero-order chi connectivity index (χ0) is 29.0. The van der Waals surface area contributed by atoms with Crippen molar-refractivity contribution in [2.45, 2.75) is 32.7 Å². The lowest BCUT2D eigenvalue weighted by molar-refractivity contribution is -0.132. The van der Waals surface area contributed by atoms with Crippen LogP contribution in [0.1, 0.15) is 52.3 Å². The van der Waals surface area contributed by atoms with Crippen LogP contribution in [0.15, 0.2) is 60.7 Å². The third kappa shape index (κ3) is 5.91. The van der Waals surface area contributed by atoms with Crippen molar-refractivity contribution in [1.29, 1.82) is 0 Å². The largest absolute Gasteiger partial charge is 0.507 e. The average Bonchev–Trinajstić information content (AvgIpc) is 3.45. The van der Waals surface area contributed by atoms with Gasteiger partial charge in [-0.1, -0.05) is 66.6 Å². The number of amides is 1. The Bertz CT molecular complexity index is 1500. The summed E-state index contributed by atoms with van der Waals surface area (Å²) in [6, 6.07) is 10.1. The van der Waals surface area contributed by atoms with E-state index in [1.54, 1.807) is 37.3 Å². The van der Waals surface area contributed by atoms with E-state index in [9.17, 15) is 19.5 Å². The quantitative estimate of drug-likeness (QED) is 0.0673. The number of halogens is 2. The first-order chi connectivity index (χ1) is 19.2. The second kappa shape index (κ2) is 12.7. The van der Waals surface area contributed by atoms with Gasteiger partial charge in [0.15, 0.2) is 5.13 Å². The summed E-state index contributed by atoms with van der Waals surface area (Å²) in [5, 5.41) is 11.9. The Balaban J connectivity index is 1.82. The van der Waals surface area contributed by atoms with E-state index in [4.69, 9.17) is 32.7 Å². The maximum atomic E-state index is 13.4. The highest BCUT2D eigenvalue weighted by atomic mass is 35.5. The minimum absolute atomic E-state index is 0.00171. The number of rotatable bonds is 10. The molecule has 1 aliphatic heterocycles. The molecule has 8 nitrogen and oxygen atoms in total. The number of hydrogen-bond acceptors (Lipinski definition) is 8. The lowest BCUT2D eigenvalue weighted by atomic mass is 9.95. The van der Waals surface area contributed by atoms with Crippen molar-refractivity contribution in [1.82, 2.24) is 4.98 Å². The summed E-state index contributed by atoms with van der Waals surface area (Å²) < 4.78 is 10.8. The van der Waals surface area contributed by atoms with Crippen LogP contribution in [0.4, 0.5) is 5.13 Å². The van der Waals surface area contributed by atoms with Crippen molar-refractivity contribution in [3.8, 4) is 5.75 Å². The molecule has 1 aromatic heterocycles. The van der Waals surface area contributed by atoms with E-state index in [2.05, 4.69) is 18.5 Å². The molecular formula is C29H26Cl2N2O6S. The van der Waals surface area contributed by atoms with Gasteiger partial charge in [-0.2, -0.15) is 0 Å². The molecule has 0 unspecified atom stereocenters. The number of carbonyl (C=O) groups is 3. The molecule has 0 radical (unpaired) electrons. The van der Waals surface area contributed by atoms with Gasteiger partial charge < -0.3 is 14.6 Å². The summed E-state index contributed by atoms with van der Waals surface area (Å²) in [4.78, 5) is 45.1. The fourth-order valence-electron chi connectivity index (χ4n) is 4.10. The van der Waals surface area contributed by atoms with E-state index in [1.165, 1.54) is 18.2 Å². The number of Topliss-reactive ketones (excluding diaryl/α,β-unsaturated/α-hetero) is 1. The van der Waals surface area contributed by atoms with Gasteiger partial charge >= 0.3 is 11.9 Å². The van der Waals surface area contributed by atoms with Gasteiger partial charge in [0.25, 0.3) is 5.78 Å². The highest BCUT2D eigenvalue weighted by Crippen LogP contribution is 2.45. The molecule has 1 aliphatic rings. The van der Waals surface area contributed by atoms with Gasteiger partial charge in [0.05, 0.1) is 34.0 Å². The first kappa shape index (κ1) is 29.3. The molecular weight excluding hydrogens is 575 g/mol. The SMILES string of the molecule is C=CCOC(=O)c1sc(N2C(=O)C(=O)C(=C(O)c3ccc(OCCCC)cc3)[C@@H]2c2ccc(Cl)c(Cl)c2)nc1C. The van der Waals surface area contributed by atoms with E-state index in [0.29, 0.717) is 29.2 Å². The Labute approximate surface area is 245 Å². The minimum Gasteiger partial charge on any atom is -0.507 e. The van der Waals surface area contributed by atoms with E-state index in [-0.39, 0.29) is 38.0 Å². The zero-order valence-electron chi connectivity index (χ0n) is 21.8. The topological polar surface area (TPSA) is 106 Å². The van der Waals surface area contributed by atoms with Gasteiger partial charge in [0.2, 0.25) is 0 Å². The van der Waals surface area contributed by atoms with Gasteiger partial charge in [0, 0.05) is 5.56 Å². The fraction of sp³-hybridized carbons (Fsp3) is 0.241. The molecule has 2 aromatic carbocycles. The molecule has 1 saturated heterocycles. The number of aryl methyl sites for hydroxylation is 1. The maximum absolute atomic E-state index is 13.4. The van der Waals surface area contributed by atoms with E-state index >= 15 is 0 Å². The number of hydrogen-bond donors (Lipinski definition) is 1. The van der Waals surface area contributed by atoms with Crippen molar-refractivity contribution in [2.75, 3.05) is 18.1 Å². The molecule has 1 fully saturated rings. The third-order valence-electron chi connectivity index (χ3n) is 6.11. The van der Waals surface area contributed by atoms with Gasteiger partial charge in [-0.05, 0) is 55.3 Å². The fourth-order valence-corrected chi connectivity index (χ4v) is 5.40. The number of aliphatic hydroxyl groups excluding tert-OH is 1. The van der Waals surface area contributed by atoms with Crippen LogP contribution in [-0.2, 0) is 14.3 Å². The molecule has 3 aromatic rings. The molecule has 0 bridgehead atoms. The molecule has 1 atom stereocenters. The van der Waals surface area contributed by atoms with Crippen molar-refractivity contribution in [3.63, 3.8) is 0 Å². The summed E-state index contributed by atoms with van der Waals surface area (Å²) in [7, 11) is 0.